The molecule has 2 aliphatic rings. The first-order valence-electron chi connectivity index (χ1n) is 10.2. The van der Waals surface area contributed by atoms with Gasteiger partial charge in [0, 0.05) is 50.8 Å². The number of thiophene rings is 1. The molecule has 168 valence electrons. The van der Waals surface area contributed by atoms with E-state index in [0.29, 0.717) is 32.1 Å². The smallest absolute Gasteiger partial charge is 0.246 e. The van der Waals surface area contributed by atoms with E-state index in [4.69, 9.17) is 0 Å². The molecular formula is C20H28IN7O2S. The summed E-state index contributed by atoms with van der Waals surface area (Å²) in [6.07, 6.45) is 4.44. The van der Waals surface area contributed by atoms with Crippen molar-refractivity contribution >= 4 is 58.8 Å². The molecule has 0 unspecified atom stereocenters. The van der Waals surface area contributed by atoms with E-state index in [2.05, 4.69) is 26.9 Å². The Morgan fingerprint density at radius 2 is 2.10 bits per heavy atom. The summed E-state index contributed by atoms with van der Waals surface area (Å²) in [7, 11) is 1.83. The van der Waals surface area contributed by atoms with Crippen LogP contribution in [0.3, 0.4) is 0 Å². The van der Waals surface area contributed by atoms with Crippen LogP contribution in [-0.4, -0.2) is 76.6 Å². The molecule has 9 nitrogen and oxygen atoms in total. The van der Waals surface area contributed by atoms with Crippen molar-refractivity contribution in [3.63, 3.8) is 0 Å². The first-order valence-corrected chi connectivity index (χ1v) is 11.1. The molecule has 31 heavy (non-hydrogen) atoms. The maximum absolute atomic E-state index is 12.7. The van der Waals surface area contributed by atoms with Crippen molar-refractivity contribution in [3.8, 4) is 0 Å². The molecule has 2 aromatic rings. The van der Waals surface area contributed by atoms with Gasteiger partial charge in [-0.3, -0.25) is 14.3 Å². The predicted molar refractivity (Wildman–Crippen MR) is 132 cm³/mol. The van der Waals surface area contributed by atoms with E-state index < -0.39 is 0 Å². The SMILES string of the molecule is CCNC(=NCC(=O)N1CCc2sccc2C1)N1CCN(c2cnn(C)c2)C(=O)C1.I. The Labute approximate surface area is 203 Å². The van der Waals surface area contributed by atoms with Gasteiger partial charge in [-0.15, -0.1) is 35.3 Å². The van der Waals surface area contributed by atoms with Gasteiger partial charge in [-0.2, -0.15) is 5.10 Å². The van der Waals surface area contributed by atoms with Crippen LogP contribution in [0.25, 0.3) is 0 Å². The normalized spacial score (nSPS) is 16.8. The number of hydrogen-bond acceptors (Lipinski definition) is 5. The predicted octanol–water partition coefficient (Wildman–Crippen LogP) is 1.30. The molecular weight excluding hydrogens is 529 g/mol. The Morgan fingerprint density at radius 1 is 1.26 bits per heavy atom. The van der Waals surface area contributed by atoms with Crippen molar-refractivity contribution in [2.45, 2.75) is 19.9 Å². The summed E-state index contributed by atoms with van der Waals surface area (Å²) in [6, 6.07) is 2.10. The summed E-state index contributed by atoms with van der Waals surface area (Å²) in [5.41, 5.74) is 2.05. The van der Waals surface area contributed by atoms with E-state index in [1.165, 1.54) is 10.4 Å². The lowest BCUT2D eigenvalue weighted by molar-refractivity contribution is -0.130. The zero-order valence-corrected chi connectivity index (χ0v) is 20.9. The number of amides is 2. The van der Waals surface area contributed by atoms with E-state index in [-0.39, 0.29) is 48.9 Å². The molecule has 0 atom stereocenters. The monoisotopic (exact) mass is 557 g/mol. The number of hydrogen-bond donors (Lipinski definition) is 1. The van der Waals surface area contributed by atoms with Gasteiger partial charge in [-0.1, -0.05) is 0 Å². The largest absolute Gasteiger partial charge is 0.356 e. The quantitative estimate of drug-likeness (QED) is 0.348. The minimum Gasteiger partial charge on any atom is -0.356 e. The molecule has 11 heteroatoms. The minimum absolute atomic E-state index is 0. The molecule has 4 heterocycles. The molecule has 2 aromatic heterocycles. The summed E-state index contributed by atoms with van der Waals surface area (Å²) in [5, 5.41) is 9.45. The van der Waals surface area contributed by atoms with E-state index >= 15 is 0 Å². The molecule has 2 amide bonds. The maximum atomic E-state index is 12.7. The number of piperazine rings is 1. The van der Waals surface area contributed by atoms with Crippen molar-refractivity contribution < 1.29 is 9.59 Å². The third kappa shape index (κ3) is 5.37. The molecule has 0 aliphatic carbocycles. The number of aryl methyl sites for hydroxylation is 1. The van der Waals surface area contributed by atoms with Crippen LogP contribution >= 0.6 is 35.3 Å². The highest BCUT2D eigenvalue weighted by Gasteiger charge is 2.28. The standard InChI is InChI=1S/C20H27N7O2S.HI/c1-3-21-20(22-11-18(28)25-6-4-17-15(12-25)5-9-30-17)26-7-8-27(19(29)14-26)16-10-23-24(2)13-16;/h5,9-10,13H,3-4,6-8,11-12,14H2,1-2H3,(H,21,22);1H. The third-order valence-corrected chi connectivity index (χ3v) is 6.41. The average Bonchev–Trinajstić information content (AvgIpc) is 3.39. The molecule has 0 aromatic carbocycles. The van der Waals surface area contributed by atoms with Crippen molar-refractivity contribution in [2.75, 3.05) is 44.2 Å². The van der Waals surface area contributed by atoms with Crippen LogP contribution in [-0.2, 0) is 29.6 Å². The zero-order chi connectivity index (χ0) is 21.1. The molecule has 1 saturated heterocycles. The number of aromatic nitrogens is 2. The molecule has 0 saturated carbocycles. The summed E-state index contributed by atoms with van der Waals surface area (Å²) >= 11 is 1.76. The fraction of sp³-hybridized carbons (Fsp3) is 0.500. The van der Waals surface area contributed by atoms with Crippen LogP contribution in [0.2, 0.25) is 0 Å². The Kier molecular flexibility index (Phi) is 7.92. The minimum atomic E-state index is -0.00722. The Balaban J connectivity index is 0.00000272. The topological polar surface area (TPSA) is 86.1 Å². The second-order valence-corrected chi connectivity index (χ2v) is 8.44. The van der Waals surface area contributed by atoms with Gasteiger partial charge in [0.25, 0.3) is 0 Å². The van der Waals surface area contributed by atoms with Crippen LogP contribution in [0.1, 0.15) is 17.4 Å². The lowest BCUT2D eigenvalue weighted by Crippen LogP contribution is -2.55. The highest BCUT2D eigenvalue weighted by molar-refractivity contribution is 14.0. The van der Waals surface area contributed by atoms with E-state index in [0.717, 1.165) is 18.7 Å². The molecule has 0 bridgehead atoms. The number of carbonyl (C=O) groups excluding carboxylic acids is 2. The van der Waals surface area contributed by atoms with E-state index in [1.807, 2.05) is 30.0 Å². The molecule has 2 aliphatic heterocycles. The van der Waals surface area contributed by atoms with Crippen molar-refractivity contribution in [1.29, 1.82) is 0 Å². The number of fused-ring (bicyclic) bond motifs is 1. The molecule has 0 radical (unpaired) electrons. The van der Waals surface area contributed by atoms with Crippen molar-refractivity contribution in [3.05, 3.63) is 34.3 Å². The highest BCUT2D eigenvalue weighted by Crippen LogP contribution is 2.24. The number of anilines is 1. The second kappa shape index (κ2) is 10.4. The zero-order valence-electron chi connectivity index (χ0n) is 17.8. The lowest BCUT2D eigenvalue weighted by atomic mass is 10.1. The summed E-state index contributed by atoms with van der Waals surface area (Å²) in [4.78, 5) is 36.9. The van der Waals surface area contributed by atoms with Gasteiger partial charge < -0.3 is 20.0 Å². The van der Waals surface area contributed by atoms with Crippen molar-refractivity contribution in [1.82, 2.24) is 24.9 Å². The summed E-state index contributed by atoms with van der Waals surface area (Å²) in [6.45, 7) is 5.54. The first-order chi connectivity index (χ1) is 14.5. The van der Waals surface area contributed by atoms with E-state index in [1.54, 1.807) is 27.1 Å². The van der Waals surface area contributed by atoms with Gasteiger partial charge in [0.2, 0.25) is 11.8 Å². The fourth-order valence-electron chi connectivity index (χ4n) is 3.80. The maximum Gasteiger partial charge on any atom is 0.246 e. The molecule has 4 rings (SSSR count). The third-order valence-electron chi connectivity index (χ3n) is 5.38. The molecule has 0 spiro atoms. The molecule has 1 fully saturated rings. The van der Waals surface area contributed by atoms with Crippen molar-refractivity contribution in [2.24, 2.45) is 12.0 Å². The van der Waals surface area contributed by atoms with Crippen LogP contribution < -0.4 is 10.2 Å². The van der Waals surface area contributed by atoms with Gasteiger partial charge in [-0.05, 0) is 30.4 Å². The Bertz CT molecular complexity index is 957. The Morgan fingerprint density at radius 3 is 2.81 bits per heavy atom. The number of guanidine groups is 1. The van der Waals surface area contributed by atoms with Gasteiger partial charge in [0.1, 0.15) is 13.1 Å². The average molecular weight is 557 g/mol. The number of halogens is 1. The van der Waals surface area contributed by atoms with Crippen LogP contribution in [0.4, 0.5) is 5.69 Å². The Hall–Kier alpha value is -2.15. The fourth-order valence-corrected chi connectivity index (χ4v) is 4.69. The number of rotatable bonds is 4. The number of nitrogens with one attached hydrogen (secondary N) is 1. The first kappa shape index (κ1) is 23.5. The van der Waals surface area contributed by atoms with Crippen LogP contribution in [0.5, 0.6) is 0 Å². The van der Waals surface area contributed by atoms with Gasteiger partial charge in [0.05, 0.1) is 11.9 Å². The van der Waals surface area contributed by atoms with Crippen LogP contribution in [0, 0.1) is 0 Å². The number of nitrogens with zero attached hydrogens (tertiary/aromatic N) is 6. The van der Waals surface area contributed by atoms with Gasteiger partial charge in [0.15, 0.2) is 5.96 Å². The van der Waals surface area contributed by atoms with E-state index in [9.17, 15) is 9.59 Å². The lowest BCUT2D eigenvalue weighted by Gasteiger charge is -2.35. The summed E-state index contributed by atoms with van der Waals surface area (Å²) < 4.78 is 1.69. The second-order valence-electron chi connectivity index (χ2n) is 7.44. The molecule has 1 N–H and O–H groups in total. The van der Waals surface area contributed by atoms with Gasteiger partial charge in [-0.25, -0.2) is 4.99 Å². The van der Waals surface area contributed by atoms with Gasteiger partial charge >= 0.3 is 0 Å². The van der Waals surface area contributed by atoms with Crippen LogP contribution in [0.15, 0.2) is 28.8 Å². The number of carbonyl (C=O) groups is 2. The summed E-state index contributed by atoms with van der Waals surface area (Å²) in [5.74, 6) is 0.619. The number of aliphatic imine (C=N–C) groups is 1. The highest BCUT2D eigenvalue weighted by atomic mass is 127.